The van der Waals surface area contributed by atoms with Crippen LogP contribution in [0.25, 0.3) is 0 Å². The molecule has 70 valence electrons. The molecular formula is C13H11LiO. The Morgan fingerprint density at radius 3 is 2.47 bits per heavy atom. The van der Waals surface area contributed by atoms with Crippen molar-refractivity contribution < 1.29 is 4.74 Å². The summed E-state index contributed by atoms with van der Waals surface area (Å²) < 4.78 is 6.90. The minimum atomic E-state index is 0.629. The summed E-state index contributed by atoms with van der Waals surface area (Å²) in [6.45, 7) is 0.629. The molecule has 1 nitrogen and oxygen atoms in total. The zero-order chi connectivity index (χ0) is 10.5. The Bertz CT molecular complexity index is 426. The standard InChI is InChI=1S/C13H11O.Li/c1-3-7-12(8-4-1)11-14-13-9-5-2-6-10-13;/h1-5,7-10H,11H2;. The van der Waals surface area contributed by atoms with Crippen LogP contribution in [0.4, 0.5) is 0 Å². The summed E-state index contributed by atoms with van der Waals surface area (Å²) in [4.78, 5) is 0. The molecule has 0 saturated heterocycles. The number of ether oxygens (including phenoxy) is 1. The van der Waals surface area contributed by atoms with Gasteiger partial charge in [0.15, 0.2) is 0 Å². The second kappa shape index (κ2) is 5.07. The molecule has 0 bridgehead atoms. The van der Waals surface area contributed by atoms with Crippen LogP contribution in [0.1, 0.15) is 5.56 Å². The van der Waals surface area contributed by atoms with Crippen molar-refractivity contribution in [3.63, 3.8) is 0 Å². The van der Waals surface area contributed by atoms with Crippen molar-refractivity contribution in [3.8, 4) is 5.75 Å². The number of rotatable bonds is 3. The third-order valence-electron chi connectivity index (χ3n) is 2.24. The first-order valence-corrected chi connectivity index (χ1v) is 5.08. The molecule has 0 aliphatic heterocycles. The molecule has 0 aliphatic carbocycles. The molecule has 0 radical (unpaired) electrons. The van der Waals surface area contributed by atoms with E-state index < -0.39 is 0 Å². The van der Waals surface area contributed by atoms with E-state index in [1.165, 1.54) is 9.80 Å². The van der Waals surface area contributed by atoms with E-state index in [0.717, 1.165) is 5.75 Å². The Labute approximate surface area is 99.3 Å². The summed E-state index contributed by atoms with van der Waals surface area (Å²) in [5.41, 5.74) is 1.19. The molecule has 2 aromatic rings. The molecule has 0 fully saturated rings. The molecule has 2 heteroatoms. The Kier molecular flexibility index (Phi) is 3.50. The van der Waals surface area contributed by atoms with Gasteiger partial charge in [-0.25, -0.2) is 0 Å². The van der Waals surface area contributed by atoms with Gasteiger partial charge in [0.2, 0.25) is 0 Å². The fourth-order valence-electron chi connectivity index (χ4n) is 1.45. The fourth-order valence-corrected chi connectivity index (χ4v) is 1.45. The first kappa shape index (κ1) is 10.4. The van der Waals surface area contributed by atoms with Crippen molar-refractivity contribution in [1.29, 1.82) is 0 Å². The van der Waals surface area contributed by atoms with E-state index in [9.17, 15) is 0 Å². The molecule has 0 aliphatic rings. The number of hydrogen-bond acceptors (Lipinski definition) is 1. The SMILES string of the molecule is [Li][c]1cccc(OCc2ccccc2)c1. The zero-order valence-corrected chi connectivity index (χ0v) is 8.81. The van der Waals surface area contributed by atoms with E-state index in [4.69, 9.17) is 4.74 Å². The molecule has 0 atom stereocenters. The normalized spacial score (nSPS) is 10.0. The Hall–Kier alpha value is -1.16. The van der Waals surface area contributed by atoms with E-state index >= 15 is 0 Å². The van der Waals surface area contributed by atoms with Crippen LogP contribution < -0.4 is 8.97 Å². The summed E-state index contributed by atoms with van der Waals surface area (Å²) in [5, 5.41) is 0. The molecule has 0 amide bonds. The van der Waals surface area contributed by atoms with E-state index in [1.54, 1.807) is 0 Å². The van der Waals surface area contributed by atoms with Gasteiger partial charge in [0.05, 0.1) is 0 Å². The van der Waals surface area contributed by atoms with Crippen LogP contribution in [-0.2, 0) is 6.61 Å². The second-order valence-electron chi connectivity index (χ2n) is 3.59. The van der Waals surface area contributed by atoms with Crippen molar-refractivity contribution in [1.82, 2.24) is 0 Å². The fraction of sp³-hybridized carbons (Fsp3) is 0.0769. The topological polar surface area (TPSA) is 9.23 Å². The molecule has 0 N–H and O–H groups in total. The monoisotopic (exact) mass is 190 g/mol. The van der Waals surface area contributed by atoms with Crippen molar-refractivity contribution in [3.05, 3.63) is 60.2 Å². The summed E-state index contributed by atoms with van der Waals surface area (Å²) in [6.07, 6.45) is 0. The molecular weight excluding hydrogens is 179 g/mol. The number of hydrogen-bond donors (Lipinski definition) is 0. The third-order valence-corrected chi connectivity index (χ3v) is 2.24. The van der Waals surface area contributed by atoms with Crippen LogP contribution in [-0.4, -0.2) is 17.7 Å². The summed E-state index contributed by atoms with van der Waals surface area (Å²) in [5.74, 6) is 0.929. The Balaban J connectivity index is 1.99. The van der Waals surface area contributed by atoms with Gasteiger partial charge in [-0.2, -0.15) is 0 Å². The molecule has 2 rings (SSSR count). The van der Waals surface area contributed by atoms with Crippen molar-refractivity contribution >= 4 is 22.0 Å². The van der Waals surface area contributed by atoms with Gasteiger partial charge in [-0.1, -0.05) is 0 Å². The molecule has 0 unspecified atom stereocenters. The van der Waals surface area contributed by atoms with E-state index in [2.05, 4.69) is 35.9 Å². The van der Waals surface area contributed by atoms with Crippen LogP contribution in [0, 0.1) is 0 Å². The van der Waals surface area contributed by atoms with Gasteiger partial charge < -0.3 is 0 Å². The molecule has 0 aromatic heterocycles. The van der Waals surface area contributed by atoms with Crippen LogP contribution >= 0.6 is 0 Å². The van der Waals surface area contributed by atoms with Crippen LogP contribution in [0.2, 0.25) is 0 Å². The first-order chi connectivity index (χ1) is 7.34. The van der Waals surface area contributed by atoms with Crippen LogP contribution in [0.5, 0.6) is 5.75 Å². The van der Waals surface area contributed by atoms with Gasteiger partial charge in [0.1, 0.15) is 0 Å². The maximum absolute atomic E-state index is 5.67. The van der Waals surface area contributed by atoms with Gasteiger partial charge >= 0.3 is 99.2 Å². The van der Waals surface area contributed by atoms with Gasteiger partial charge in [0, 0.05) is 0 Å². The van der Waals surface area contributed by atoms with E-state index in [0.29, 0.717) is 6.61 Å². The minimum absolute atomic E-state index is 0.629. The Morgan fingerprint density at radius 2 is 1.73 bits per heavy atom. The summed E-state index contributed by atoms with van der Waals surface area (Å²) >= 11 is 2.06. The molecule has 0 spiro atoms. The van der Waals surface area contributed by atoms with Gasteiger partial charge in [-0.05, 0) is 0 Å². The van der Waals surface area contributed by atoms with E-state index in [1.807, 2.05) is 36.4 Å². The van der Waals surface area contributed by atoms with Crippen molar-refractivity contribution in [2.45, 2.75) is 6.61 Å². The predicted octanol–water partition coefficient (Wildman–Crippen LogP) is 2.06. The van der Waals surface area contributed by atoms with Crippen molar-refractivity contribution in [2.24, 2.45) is 0 Å². The van der Waals surface area contributed by atoms with Crippen LogP contribution in [0.3, 0.4) is 0 Å². The molecule has 2 aromatic carbocycles. The maximum atomic E-state index is 5.67. The molecule has 0 heterocycles. The third kappa shape index (κ3) is 3.16. The number of benzene rings is 2. The zero-order valence-electron chi connectivity index (χ0n) is 8.81. The predicted molar refractivity (Wildman–Crippen MR) is 62.6 cm³/mol. The second-order valence-corrected chi connectivity index (χ2v) is 3.59. The summed E-state index contributed by atoms with van der Waals surface area (Å²) in [7, 11) is 0. The first-order valence-electron chi connectivity index (χ1n) is 5.08. The van der Waals surface area contributed by atoms with Gasteiger partial charge in [-0.15, -0.1) is 0 Å². The van der Waals surface area contributed by atoms with Crippen LogP contribution in [0.15, 0.2) is 54.6 Å². The molecule has 15 heavy (non-hydrogen) atoms. The van der Waals surface area contributed by atoms with Crippen molar-refractivity contribution in [2.75, 3.05) is 0 Å². The Morgan fingerprint density at radius 1 is 0.933 bits per heavy atom. The summed E-state index contributed by atoms with van der Waals surface area (Å²) in [6, 6.07) is 18.3. The quantitative estimate of drug-likeness (QED) is 0.673. The average molecular weight is 190 g/mol. The van der Waals surface area contributed by atoms with E-state index in [-0.39, 0.29) is 0 Å². The van der Waals surface area contributed by atoms with Gasteiger partial charge in [-0.3, -0.25) is 0 Å². The van der Waals surface area contributed by atoms with Gasteiger partial charge in [0.25, 0.3) is 0 Å². The average Bonchev–Trinajstić information content (AvgIpc) is 2.28. The molecule has 0 saturated carbocycles.